The molecule has 0 unspecified atom stereocenters. The Balaban J connectivity index is 2.05. The van der Waals surface area contributed by atoms with E-state index < -0.39 is 11.7 Å². The highest BCUT2D eigenvalue weighted by Gasteiger charge is 2.30. The highest BCUT2D eigenvalue weighted by atomic mass is 19.4. The van der Waals surface area contributed by atoms with E-state index in [4.69, 9.17) is 0 Å². The molecule has 0 spiro atoms. The fourth-order valence-corrected chi connectivity index (χ4v) is 1.95. The normalized spacial score (nSPS) is 16.8. The Labute approximate surface area is 103 Å². The largest absolute Gasteiger partial charge is 0.416 e. The summed E-state index contributed by atoms with van der Waals surface area (Å²) < 4.78 is 37.2. The second kappa shape index (κ2) is 4.88. The number of carbonyl (C=O) groups excluding carboxylic acids is 1. The van der Waals surface area contributed by atoms with Gasteiger partial charge in [-0.05, 0) is 24.3 Å². The quantitative estimate of drug-likeness (QED) is 0.757. The Morgan fingerprint density at radius 2 is 1.56 bits per heavy atom. The number of hydrogen-bond donors (Lipinski definition) is 0. The van der Waals surface area contributed by atoms with Crippen LogP contribution >= 0.6 is 0 Å². The molecular formula is C12H13F3N2O. The first-order valence-electron chi connectivity index (χ1n) is 5.62. The molecule has 98 valence electrons. The first kappa shape index (κ1) is 12.7. The Morgan fingerprint density at radius 3 is 2.00 bits per heavy atom. The van der Waals surface area contributed by atoms with Gasteiger partial charge in [0, 0.05) is 31.9 Å². The number of rotatable bonds is 2. The van der Waals surface area contributed by atoms with Gasteiger partial charge in [-0.2, -0.15) is 13.2 Å². The van der Waals surface area contributed by atoms with Gasteiger partial charge in [-0.3, -0.25) is 4.79 Å². The van der Waals surface area contributed by atoms with Gasteiger partial charge in [0.05, 0.1) is 5.56 Å². The van der Waals surface area contributed by atoms with E-state index in [1.165, 1.54) is 12.1 Å². The lowest BCUT2D eigenvalue weighted by molar-refractivity contribution is -0.137. The molecule has 1 aliphatic heterocycles. The molecule has 1 saturated heterocycles. The maximum atomic E-state index is 12.4. The second-order valence-corrected chi connectivity index (χ2v) is 4.17. The number of alkyl halides is 3. The van der Waals surface area contributed by atoms with Crippen LogP contribution in [0.4, 0.5) is 18.9 Å². The van der Waals surface area contributed by atoms with Crippen LogP contribution in [0.2, 0.25) is 0 Å². The Hall–Kier alpha value is -1.72. The van der Waals surface area contributed by atoms with E-state index in [1.54, 1.807) is 4.90 Å². The van der Waals surface area contributed by atoms with E-state index >= 15 is 0 Å². The summed E-state index contributed by atoms with van der Waals surface area (Å²) in [4.78, 5) is 14.2. The molecule has 2 rings (SSSR count). The van der Waals surface area contributed by atoms with E-state index in [0.717, 1.165) is 24.2 Å². The van der Waals surface area contributed by atoms with Crippen molar-refractivity contribution in [3.8, 4) is 0 Å². The predicted octanol–water partition coefficient (Wildman–Crippen LogP) is 1.98. The number of hydrogen-bond acceptors (Lipinski definition) is 2. The molecule has 1 aromatic carbocycles. The summed E-state index contributed by atoms with van der Waals surface area (Å²) >= 11 is 0. The molecule has 1 heterocycles. The molecule has 0 saturated carbocycles. The summed E-state index contributed by atoms with van der Waals surface area (Å²) in [6, 6.07) is 5.11. The Morgan fingerprint density at radius 1 is 1.00 bits per heavy atom. The molecule has 0 aromatic heterocycles. The van der Waals surface area contributed by atoms with Crippen molar-refractivity contribution < 1.29 is 18.0 Å². The maximum absolute atomic E-state index is 12.4. The number of anilines is 1. The van der Waals surface area contributed by atoms with Crippen LogP contribution in [-0.2, 0) is 11.0 Å². The molecule has 0 atom stereocenters. The first-order chi connectivity index (χ1) is 8.50. The van der Waals surface area contributed by atoms with Gasteiger partial charge in [0.25, 0.3) is 0 Å². The molecule has 0 aliphatic carbocycles. The molecule has 0 radical (unpaired) electrons. The maximum Gasteiger partial charge on any atom is 0.416 e. The molecule has 3 nitrogen and oxygen atoms in total. The lowest BCUT2D eigenvalue weighted by Crippen LogP contribution is -2.45. The number of benzene rings is 1. The average molecular weight is 258 g/mol. The van der Waals surface area contributed by atoms with Crippen molar-refractivity contribution in [1.82, 2.24) is 4.90 Å². The summed E-state index contributed by atoms with van der Waals surface area (Å²) in [6.07, 6.45) is -3.50. The van der Waals surface area contributed by atoms with Crippen LogP contribution < -0.4 is 4.90 Å². The van der Waals surface area contributed by atoms with Crippen molar-refractivity contribution in [2.75, 3.05) is 31.1 Å². The van der Waals surface area contributed by atoms with Gasteiger partial charge in [-0.15, -0.1) is 0 Å². The van der Waals surface area contributed by atoms with Gasteiger partial charge in [0.2, 0.25) is 6.41 Å². The van der Waals surface area contributed by atoms with Crippen LogP contribution in [0.15, 0.2) is 24.3 Å². The molecule has 6 heteroatoms. The molecule has 1 fully saturated rings. The van der Waals surface area contributed by atoms with Crippen LogP contribution in [-0.4, -0.2) is 37.5 Å². The monoisotopic (exact) mass is 258 g/mol. The van der Waals surface area contributed by atoms with Gasteiger partial charge in [0.1, 0.15) is 0 Å². The number of piperazine rings is 1. The van der Waals surface area contributed by atoms with Crippen molar-refractivity contribution in [1.29, 1.82) is 0 Å². The van der Waals surface area contributed by atoms with Crippen LogP contribution in [0.1, 0.15) is 5.56 Å². The number of carbonyl (C=O) groups is 1. The van der Waals surface area contributed by atoms with Crippen LogP contribution in [0.25, 0.3) is 0 Å². The lowest BCUT2D eigenvalue weighted by atomic mass is 10.1. The van der Waals surface area contributed by atoms with Gasteiger partial charge in [-0.1, -0.05) is 0 Å². The molecular weight excluding hydrogens is 245 g/mol. The van der Waals surface area contributed by atoms with Crippen molar-refractivity contribution in [3.63, 3.8) is 0 Å². The smallest absolute Gasteiger partial charge is 0.368 e. The van der Waals surface area contributed by atoms with E-state index in [2.05, 4.69) is 0 Å². The van der Waals surface area contributed by atoms with E-state index in [-0.39, 0.29) is 0 Å². The third-order valence-electron chi connectivity index (χ3n) is 3.02. The SMILES string of the molecule is O=CN1CCN(c2ccc(C(F)(F)F)cc2)CC1. The minimum atomic E-state index is -4.30. The van der Waals surface area contributed by atoms with Crippen molar-refractivity contribution in [3.05, 3.63) is 29.8 Å². The van der Waals surface area contributed by atoms with E-state index in [0.29, 0.717) is 26.2 Å². The number of halogens is 3. The Bertz CT molecular complexity index is 408. The van der Waals surface area contributed by atoms with Crippen LogP contribution in [0.5, 0.6) is 0 Å². The van der Waals surface area contributed by atoms with Crippen LogP contribution in [0.3, 0.4) is 0 Å². The van der Waals surface area contributed by atoms with Gasteiger partial charge in [0.15, 0.2) is 0 Å². The van der Waals surface area contributed by atoms with Crippen LogP contribution in [0, 0.1) is 0 Å². The third-order valence-corrected chi connectivity index (χ3v) is 3.02. The zero-order valence-electron chi connectivity index (χ0n) is 9.65. The van der Waals surface area contributed by atoms with Gasteiger partial charge >= 0.3 is 6.18 Å². The fourth-order valence-electron chi connectivity index (χ4n) is 1.95. The number of nitrogens with zero attached hydrogens (tertiary/aromatic N) is 2. The summed E-state index contributed by atoms with van der Waals surface area (Å²) in [6.45, 7) is 2.49. The van der Waals surface area contributed by atoms with Crippen molar-refractivity contribution in [2.24, 2.45) is 0 Å². The highest BCUT2D eigenvalue weighted by Crippen LogP contribution is 2.30. The average Bonchev–Trinajstić information content (AvgIpc) is 2.38. The zero-order chi connectivity index (χ0) is 13.2. The van der Waals surface area contributed by atoms with E-state index in [1.807, 2.05) is 4.90 Å². The fraction of sp³-hybridized carbons (Fsp3) is 0.417. The molecule has 1 aromatic rings. The summed E-state index contributed by atoms with van der Waals surface area (Å²) in [7, 11) is 0. The molecule has 1 amide bonds. The number of amides is 1. The lowest BCUT2D eigenvalue weighted by Gasteiger charge is -2.34. The molecule has 0 bridgehead atoms. The second-order valence-electron chi connectivity index (χ2n) is 4.17. The summed E-state index contributed by atoms with van der Waals surface area (Å²) in [5.74, 6) is 0. The third kappa shape index (κ3) is 2.75. The predicted molar refractivity (Wildman–Crippen MR) is 61.3 cm³/mol. The van der Waals surface area contributed by atoms with Gasteiger partial charge in [-0.25, -0.2) is 0 Å². The van der Waals surface area contributed by atoms with Crippen molar-refractivity contribution in [2.45, 2.75) is 6.18 Å². The summed E-state index contributed by atoms with van der Waals surface area (Å²) in [5, 5.41) is 0. The minimum Gasteiger partial charge on any atom is -0.368 e. The topological polar surface area (TPSA) is 23.6 Å². The van der Waals surface area contributed by atoms with Crippen molar-refractivity contribution >= 4 is 12.1 Å². The highest BCUT2D eigenvalue weighted by molar-refractivity contribution is 5.51. The molecule has 0 N–H and O–H groups in total. The van der Waals surface area contributed by atoms with E-state index in [9.17, 15) is 18.0 Å². The van der Waals surface area contributed by atoms with Gasteiger partial charge < -0.3 is 9.80 Å². The molecule has 1 aliphatic rings. The summed E-state index contributed by atoms with van der Waals surface area (Å²) in [5.41, 5.74) is 0.117. The zero-order valence-corrected chi connectivity index (χ0v) is 9.65. The first-order valence-corrected chi connectivity index (χ1v) is 5.62. The molecule has 18 heavy (non-hydrogen) atoms. The Kier molecular flexibility index (Phi) is 3.45. The minimum absolute atomic E-state index is 0.602. The standard InChI is InChI=1S/C12H13F3N2O/c13-12(14,15)10-1-3-11(4-2-10)17-7-5-16(9-18)6-8-17/h1-4,9H,5-8H2.